The standard InChI is InChI=1S/C4H2ClNO4/c5-2-1-3(10-6-2)9-4(7)8/h1H,(H,7,8). The van der Waals surface area contributed by atoms with Gasteiger partial charge in [-0.2, -0.15) is 0 Å². The molecule has 1 N–H and O–H groups in total. The second-order valence-electron chi connectivity index (χ2n) is 1.34. The Morgan fingerprint density at radius 2 is 2.60 bits per heavy atom. The number of carboxylic acid groups (broad SMARTS) is 1. The first-order chi connectivity index (χ1) is 4.68. The highest BCUT2D eigenvalue weighted by atomic mass is 35.5. The zero-order valence-electron chi connectivity index (χ0n) is 4.57. The molecule has 1 aromatic heterocycles. The Morgan fingerprint density at radius 3 is 3.00 bits per heavy atom. The smallest absolute Gasteiger partial charge is 0.449 e. The summed E-state index contributed by atoms with van der Waals surface area (Å²) in [5.41, 5.74) is 0. The minimum absolute atomic E-state index is 0.0521. The maximum atomic E-state index is 9.82. The molecule has 0 radical (unpaired) electrons. The van der Waals surface area contributed by atoms with E-state index >= 15 is 0 Å². The number of hydrogen-bond acceptors (Lipinski definition) is 4. The number of hydrogen-bond donors (Lipinski definition) is 1. The van der Waals surface area contributed by atoms with Crippen LogP contribution in [0.5, 0.6) is 5.95 Å². The van der Waals surface area contributed by atoms with Crippen molar-refractivity contribution >= 4 is 17.8 Å². The van der Waals surface area contributed by atoms with Crippen molar-refractivity contribution in [3.05, 3.63) is 11.2 Å². The van der Waals surface area contributed by atoms with Gasteiger partial charge in [0.2, 0.25) is 0 Å². The minimum atomic E-state index is -1.46. The van der Waals surface area contributed by atoms with E-state index < -0.39 is 6.16 Å². The van der Waals surface area contributed by atoms with Crippen molar-refractivity contribution in [2.45, 2.75) is 0 Å². The Labute approximate surface area is 60.1 Å². The lowest BCUT2D eigenvalue weighted by molar-refractivity contribution is 0.128. The lowest BCUT2D eigenvalue weighted by atomic mass is 10.7. The Balaban J connectivity index is 2.67. The molecule has 0 aliphatic rings. The maximum Gasteiger partial charge on any atom is 0.513 e. The van der Waals surface area contributed by atoms with Gasteiger partial charge < -0.3 is 14.4 Å². The summed E-state index contributed by atoms with van der Waals surface area (Å²) in [6.45, 7) is 0. The highest BCUT2D eigenvalue weighted by molar-refractivity contribution is 6.29. The summed E-state index contributed by atoms with van der Waals surface area (Å²) in [6, 6.07) is 1.15. The van der Waals surface area contributed by atoms with Gasteiger partial charge in [0.1, 0.15) is 0 Å². The number of aromatic nitrogens is 1. The van der Waals surface area contributed by atoms with Crippen molar-refractivity contribution < 1.29 is 19.2 Å². The Morgan fingerprint density at radius 1 is 1.90 bits per heavy atom. The van der Waals surface area contributed by atoms with Crippen LogP contribution in [-0.2, 0) is 0 Å². The minimum Gasteiger partial charge on any atom is -0.449 e. The molecular weight excluding hydrogens is 162 g/mol. The summed E-state index contributed by atoms with van der Waals surface area (Å²) in [6.07, 6.45) is -1.46. The molecule has 0 aliphatic heterocycles. The van der Waals surface area contributed by atoms with Gasteiger partial charge in [-0.25, -0.2) is 4.79 Å². The van der Waals surface area contributed by atoms with Crippen LogP contribution in [0.2, 0.25) is 5.15 Å². The summed E-state index contributed by atoms with van der Waals surface area (Å²) >= 11 is 5.27. The zero-order valence-corrected chi connectivity index (χ0v) is 5.33. The van der Waals surface area contributed by atoms with E-state index in [1.54, 1.807) is 0 Å². The average molecular weight is 164 g/mol. The number of carbonyl (C=O) groups is 1. The maximum absolute atomic E-state index is 9.82. The third-order valence-corrected chi connectivity index (χ3v) is 0.826. The van der Waals surface area contributed by atoms with Crippen molar-refractivity contribution in [2.24, 2.45) is 0 Å². The van der Waals surface area contributed by atoms with Gasteiger partial charge in [-0.15, -0.1) is 0 Å². The van der Waals surface area contributed by atoms with E-state index in [0.717, 1.165) is 6.07 Å². The molecule has 0 amide bonds. The van der Waals surface area contributed by atoms with Crippen molar-refractivity contribution in [1.29, 1.82) is 0 Å². The van der Waals surface area contributed by atoms with Gasteiger partial charge in [0.25, 0.3) is 0 Å². The van der Waals surface area contributed by atoms with Crippen LogP contribution in [0.25, 0.3) is 0 Å². The van der Waals surface area contributed by atoms with Crippen LogP contribution in [0.3, 0.4) is 0 Å². The summed E-state index contributed by atoms with van der Waals surface area (Å²) in [5, 5.41) is 11.2. The first-order valence-corrected chi connectivity index (χ1v) is 2.59. The van der Waals surface area contributed by atoms with Crippen LogP contribution in [0.15, 0.2) is 10.6 Å². The number of ether oxygens (including phenoxy) is 1. The van der Waals surface area contributed by atoms with Crippen LogP contribution < -0.4 is 4.74 Å². The molecule has 5 nitrogen and oxygen atoms in total. The lowest BCUT2D eigenvalue weighted by Gasteiger charge is -1.87. The fourth-order valence-electron chi connectivity index (χ4n) is 0.373. The SMILES string of the molecule is O=C(O)Oc1cc(Cl)no1. The second kappa shape index (κ2) is 2.57. The quantitative estimate of drug-likeness (QED) is 0.634. The largest absolute Gasteiger partial charge is 0.513 e. The van der Waals surface area contributed by atoms with Crippen LogP contribution >= 0.6 is 11.6 Å². The molecule has 0 saturated heterocycles. The molecule has 10 heavy (non-hydrogen) atoms. The third kappa shape index (κ3) is 1.63. The number of halogens is 1. The van der Waals surface area contributed by atoms with Crippen molar-refractivity contribution in [3.8, 4) is 5.95 Å². The van der Waals surface area contributed by atoms with E-state index in [1.807, 2.05) is 0 Å². The number of rotatable bonds is 1. The molecule has 0 saturated carbocycles. The summed E-state index contributed by atoms with van der Waals surface area (Å²) in [4.78, 5) is 9.82. The van der Waals surface area contributed by atoms with Crippen molar-refractivity contribution in [3.63, 3.8) is 0 Å². The molecule has 0 aromatic carbocycles. The molecule has 0 atom stereocenters. The van der Waals surface area contributed by atoms with E-state index in [9.17, 15) is 4.79 Å². The predicted molar refractivity (Wildman–Crippen MR) is 30.2 cm³/mol. The first-order valence-electron chi connectivity index (χ1n) is 2.21. The molecular formula is C4H2ClNO4. The molecule has 54 valence electrons. The van der Waals surface area contributed by atoms with Gasteiger partial charge in [0.15, 0.2) is 5.15 Å². The van der Waals surface area contributed by atoms with E-state index in [2.05, 4.69) is 14.4 Å². The summed E-state index contributed by atoms with van der Waals surface area (Å²) < 4.78 is 8.33. The Hall–Kier alpha value is -1.23. The predicted octanol–water partition coefficient (Wildman–Crippen LogP) is 1.38. The van der Waals surface area contributed by atoms with Crippen LogP contribution in [0.4, 0.5) is 4.79 Å². The molecule has 6 heteroatoms. The van der Waals surface area contributed by atoms with Gasteiger partial charge in [-0.1, -0.05) is 16.8 Å². The van der Waals surface area contributed by atoms with E-state index in [0.29, 0.717) is 0 Å². The van der Waals surface area contributed by atoms with Crippen LogP contribution in [0.1, 0.15) is 0 Å². The fraction of sp³-hybridized carbons (Fsp3) is 0. The zero-order chi connectivity index (χ0) is 7.56. The highest BCUT2D eigenvalue weighted by Gasteiger charge is 2.05. The third-order valence-electron chi connectivity index (χ3n) is 0.648. The highest BCUT2D eigenvalue weighted by Crippen LogP contribution is 2.15. The van der Waals surface area contributed by atoms with Gasteiger partial charge in [0.05, 0.1) is 6.07 Å². The molecule has 0 aliphatic carbocycles. The first kappa shape index (κ1) is 6.88. The molecule has 1 aromatic rings. The van der Waals surface area contributed by atoms with Gasteiger partial charge in [0, 0.05) is 0 Å². The van der Waals surface area contributed by atoms with Gasteiger partial charge in [-0.05, 0) is 0 Å². The molecule has 0 spiro atoms. The average Bonchev–Trinajstić information content (AvgIpc) is 2.13. The molecule has 0 bridgehead atoms. The van der Waals surface area contributed by atoms with Crippen molar-refractivity contribution in [1.82, 2.24) is 5.16 Å². The normalized spacial score (nSPS) is 9.30. The molecule has 1 heterocycles. The van der Waals surface area contributed by atoms with Gasteiger partial charge >= 0.3 is 12.1 Å². The fourth-order valence-corrected chi connectivity index (χ4v) is 0.496. The van der Waals surface area contributed by atoms with E-state index in [-0.39, 0.29) is 11.1 Å². The number of nitrogens with zero attached hydrogens (tertiary/aromatic N) is 1. The monoisotopic (exact) mass is 163 g/mol. The Bertz CT molecular complexity index is 245. The Kier molecular flexibility index (Phi) is 1.77. The van der Waals surface area contributed by atoms with Crippen LogP contribution in [0, 0.1) is 0 Å². The van der Waals surface area contributed by atoms with Gasteiger partial charge in [-0.3, -0.25) is 0 Å². The topological polar surface area (TPSA) is 72.6 Å². The van der Waals surface area contributed by atoms with Crippen LogP contribution in [-0.4, -0.2) is 16.4 Å². The summed E-state index contributed by atoms with van der Waals surface area (Å²) in [5.74, 6) is -0.238. The molecule has 0 unspecified atom stereocenters. The van der Waals surface area contributed by atoms with E-state index in [1.165, 1.54) is 0 Å². The summed E-state index contributed by atoms with van der Waals surface area (Å²) in [7, 11) is 0. The van der Waals surface area contributed by atoms with Crippen molar-refractivity contribution in [2.75, 3.05) is 0 Å². The second-order valence-corrected chi connectivity index (χ2v) is 1.72. The van der Waals surface area contributed by atoms with E-state index in [4.69, 9.17) is 16.7 Å². The lowest BCUT2D eigenvalue weighted by Crippen LogP contribution is -2.01. The molecule has 0 fully saturated rings. The molecule has 1 rings (SSSR count).